The van der Waals surface area contributed by atoms with E-state index in [0.29, 0.717) is 19.3 Å². The number of nitrogens with two attached hydrogens (primary N) is 1. The first-order valence-electron chi connectivity index (χ1n) is 7.04. The molecular formula is C14H22N2O4. The fraction of sp³-hybridized carbons (Fsp3) is 0.786. The molecule has 6 heteroatoms. The molecule has 0 spiro atoms. The number of hydrogen-bond donors (Lipinski definition) is 3. The predicted molar refractivity (Wildman–Crippen MR) is 71.5 cm³/mol. The molecule has 0 saturated heterocycles. The van der Waals surface area contributed by atoms with Crippen molar-refractivity contribution < 1.29 is 19.5 Å². The van der Waals surface area contributed by atoms with E-state index in [1.165, 1.54) is 0 Å². The van der Waals surface area contributed by atoms with Crippen LogP contribution in [0.25, 0.3) is 0 Å². The molecular weight excluding hydrogens is 260 g/mol. The molecule has 2 saturated carbocycles. The van der Waals surface area contributed by atoms with Crippen LogP contribution in [0.1, 0.15) is 46.0 Å². The van der Waals surface area contributed by atoms with Gasteiger partial charge in [-0.25, -0.2) is 0 Å². The molecule has 6 nitrogen and oxygen atoms in total. The third-order valence-electron chi connectivity index (χ3n) is 4.88. The summed E-state index contributed by atoms with van der Waals surface area (Å²) in [5, 5.41) is 12.0. The Balaban J connectivity index is 2.09. The van der Waals surface area contributed by atoms with Crippen LogP contribution >= 0.6 is 0 Å². The van der Waals surface area contributed by atoms with Crippen molar-refractivity contribution in [3.63, 3.8) is 0 Å². The monoisotopic (exact) mass is 282 g/mol. The van der Waals surface area contributed by atoms with Crippen LogP contribution in [-0.4, -0.2) is 28.4 Å². The van der Waals surface area contributed by atoms with E-state index in [1.807, 2.05) is 13.8 Å². The fourth-order valence-electron chi connectivity index (χ4n) is 3.69. The van der Waals surface area contributed by atoms with Crippen LogP contribution in [0, 0.1) is 17.3 Å². The molecule has 112 valence electrons. The number of carboxylic acid groups (broad SMARTS) is 1. The largest absolute Gasteiger partial charge is 0.481 e. The molecule has 2 aliphatic carbocycles. The molecule has 2 rings (SSSR count). The molecule has 0 aromatic heterocycles. The number of carbonyl (C=O) groups excluding carboxylic acids is 2. The number of carbonyl (C=O) groups is 3. The van der Waals surface area contributed by atoms with Crippen LogP contribution in [0.5, 0.6) is 0 Å². The van der Waals surface area contributed by atoms with Crippen molar-refractivity contribution in [3.8, 4) is 0 Å². The Hall–Kier alpha value is -1.59. The van der Waals surface area contributed by atoms with E-state index in [2.05, 4.69) is 5.32 Å². The molecule has 20 heavy (non-hydrogen) atoms. The van der Waals surface area contributed by atoms with Crippen LogP contribution in [-0.2, 0) is 14.4 Å². The zero-order valence-corrected chi connectivity index (χ0v) is 11.9. The summed E-state index contributed by atoms with van der Waals surface area (Å²) in [5.41, 5.74) is 4.06. The van der Waals surface area contributed by atoms with Gasteiger partial charge in [-0.3, -0.25) is 14.4 Å². The maximum Gasteiger partial charge on any atom is 0.307 e. The van der Waals surface area contributed by atoms with Crippen molar-refractivity contribution in [3.05, 3.63) is 0 Å². The molecule has 0 aromatic rings. The first-order valence-corrected chi connectivity index (χ1v) is 7.04. The standard InChI is InChI=1S/C14H22N2O4/c1-13(2)7-8(9(13)11(18)19)10(17)16-14(12(15)20)5-3-4-6-14/h8-9H,3-7H2,1-2H3,(H2,15,20)(H,16,17)(H,18,19)/t8-,9+/m0/s1. The van der Waals surface area contributed by atoms with Gasteiger partial charge in [-0.15, -0.1) is 0 Å². The summed E-state index contributed by atoms with van der Waals surface area (Å²) in [4.78, 5) is 35.2. The number of amides is 2. The Labute approximate surface area is 118 Å². The first-order chi connectivity index (χ1) is 9.19. The SMILES string of the molecule is CC1(C)C[C@H](C(=O)NC2(C(N)=O)CCCC2)[C@@H]1C(=O)O. The molecule has 0 aliphatic heterocycles. The first kappa shape index (κ1) is 14.8. The molecule has 2 aliphatic rings. The highest BCUT2D eigenvalue weighted by Crippen LogP contribution is 2.51. The number of aliphatic carboxylic acids is 1. The Morgan fingerprint density at radius 3 is 2.15 bits per heavy atom. The van der Waals surface area contributed by atoms with Gasteiger partial charge in [0.05, 0.1) is 11.8 Å². The highest BCUT2D eigenvalue weighted by molar-refractivity contribution is 5.93. The van der Waals surface area contributed by atoms with Crippen molar-refractivity contribution in [2.45, 2.75) is 51.5 Å². The molecule has 0 heterocycles. The molecule has 0 unspecified atom stereocenters. The van der Waals surface area contributed by atoms with E-state index in [0.717, 1.165) is 12.8 Å². The Kier molecular flexibility index (Phi) is 3.52. The maximum absolute atomic E-state index is 12.3. The minimum atomic E-state index is -0.972. The van der Waals surface area contributed by atoms with Crippen LogP contribution in [0.15, 0.2) is 0 Å². The molecule has 2 atom stereocenters. The summed E-state index contributed by atoms with van der Waals surface area (Å²) in [6.07, 6.45) is 3.30. The van der Waals surface area contributed by atoms with E-state index >= 15 is 0 Å². The summed E-state index contributed by atoms with van der Waals surface area (Å²) in [7, 11) is 0. The average molecular weight is 282 g/mol. The van der Waals surface area contributed by atoms with Crippen LogP contribution in [0.3, 0.4) is 0 Å². The van der Waals surface area contributed by atoms with E-state index in [1.54, 1.807) is 0 Å². The lowest BCUT2D eigenvalue weighted by atomic mass is 9.55. The molecule has 0 bridgehead atoms. The zero-order chi connectivity index (χ0) is 15.1. The lowest BCUT2D eigenvalue weighted by Gasteiger charge is -2.48. The van der Waals surface area contributed by atoms with Crippen molar-refractivity contribution in [2.75, 3.05) is 0 Å². The molecule has 0 radical (unpaired) electrons. The van der Waals surface area contributed by atoms with Crippen molar-refractivity contribution >= 4 is 17.8 Å². The summed E-state index contributed by atoms with van der Waals surface area (Å²) in [6, 6.07) is 0. The summed E-state index contributed by atoms with van der Waals surface area (Å²) < 4.78 is 0. The van der Waals surface area contributed by atoms with Gasteiger partial charge in [0.2, 0.25) is 11.8 Å². The second-order valence-electron chi connectivity index (χ2n) is 6.76. The van der Waals surface area contributed by atoms with Crippen LogP contribution in [0.4, 0.5) is 0 Å². The zero-order valence-electron chi connectivity index (χ0n) is 11.9. The van der Waals surface area contributed by atoms with Gasteiger partial charge in [0.25, 0.3) is 0 Å². The van der Waals surface area contributed by atoms with Crippen molar-refractivity contribution in [1.82, 2.24) is 5.32 Å². The summed E-state index contributed by atoms with van der Waals surface area (Å²) in [5.74, 6) is -3.10. The quantitative estimate of drug-likeness (QED) is 0.703. The van der Waals surface area contributed by atoms with E-state index in [4.69, 9.17) is 5.73 Å². The minimum absolute atomic E-state index is 0.350. The lowest BCUT2D eigenvalue weighted by molar-refractivity contribution is -0.166. The van der Waals surface area contributed by atoms with Crippen LogP contribution < -0.4 is 11.1 Å². The van der Waals surface area contributed by atoms with Gasteiger partial charge >= 0.3 is 5.97 Å². The Morgan fingerprint density at radius 1 is 1.20 bits per heavy atom. The normalized spacial score (nSPS) is 30.3. The molecule has 0 aromatic carbocycles. The maximum atomic E-state index is 12.3. The van der Waals surface area contributed by atoms with Gasteiger partial charge in [-0.05, 0) is 24.7 Å². The van der Waals surface area contributed by atoms with Crippen molar-refractivity contribution in [1.29, 1.82) is 0 Å². The molecule has 4 N–H and O–H groups in total. The summed E-state index contributed by atoms with van der Waals surface area (Å²) >= 11 is 0. The van der Waals surface area contributed by atoms with Gasteiger partial charge in [-0.2, -0.15) is 0 Å². The van der Waals surface area contributed by atoms with Gasteiger partial charge in [0, 0.05) is 0 Å². The van der Waals surface area contributed by atoms with E-state index < -0.39 is 29.3 Å². The minimum Gasteiger partial charge on any atom is -0.481 e. The highest BCUT2D eigenvalue weighted by Gasteiger charge is 2.56. The van der Waals surface area contributed by atoms with E-state index in [9.17, 15) is 19.5 Å². The topological polar surface area (TPSA) is 109 Å². The van der Waals surface area contributed by atoms with Crippen molar-refractivity contribution in [2.24, 2.45) is 23.0 Å². The van der Waals surface area contributed by atoms with Gasteiger partial charge in [-0.1, -0.05) is 26.7 Å². The number of hydrogen-bond acceptors (Lipinski definition) is 3. The van der Waals surface area contributed by atoms with Gasteiger partial charge in [0.15, 0.2) is 0 Å². The third kappa shape index (κ3) is 2.27. The summed E-state index contributed by atoms with van der Waals surface area (Å²) in [6.45, 7) is 3.68. The van der Waals surface area contributed by atoms with Gasteiger partial charge in [0.1, 0.15) is 5.54 Å². The number of rotatable bonds is 4. The Bertz CT molecular complexity index is 452. The van der Waals surface area contributed by atoms with Crippen LogP contribution in [0.2, 0.25) is 0 Å². The molecule has 2 amide bonds. The van der Waals surface area contributed by atoms with E-state index in [-0.39, 0.29) is 11.3 Å². The smallest absolute Gasteiger partial charge is 0.307 e. The second-order valence-corrected chi connectivity index (χ2v) is 6.76. The van der Waals surface area contributed by atoms with Gasteiger partial charge < -0.3 is 16.2 Å². The third-order valence-corrected chi connectivity index (χ3v) is 4.88. The average Bonchev–Trinajstić information content (AvgIpc) is 2.75. The number of primary amides is 1. The Morgan fingerprint density at radius 2 is 1.75 bits per heavy atom. The number of nitrogens with one attached hydrogen (secondary N) is 1. The second kappa shape index (κ2) is 4.75. The predicted octanol–water partition coefficient (Wildman–Crippen LogP) is 0.648. The fourth-order valence-corrected chi connectivity index (χ4v) is 3.69. The number of carboxylic acids is 1. The highest BCUT2D eigenvalue weighted by atomic mass is 16.4. The molecule has 2 fully saturated rings. The lowest BCUT2D eigenvalue weighted by Crippen LogP contribution is -2.61.